The summed E-state index contributed by atoms with van der Waals surface area (Å²) in [5.74, 6) is 0. The van der Waals surface area contributed by atoms with Crippen molar-refractivity contribution in [1.82, 2.24) is 9.88 Å². The molecule has 0 fully saturated rings. The highest BCUT2D eigenvalue weighted by atomic mass is 19.4. The number of aryl methyl sites for hydroxylation is 1. The third kappa shape index (κ3) is 6.43. The number of hydrogen-bond donors (Lipinski definition) is 1. The molecule has 1 aromatic heterocycles. The van der Waals surface area contributed by atoms with E-state index < -0.39 is 12.8 Å². The predicted molar refractivity (Wildman–Crippen MR) is 72.6 cm³/mol. The zero-order chi connectivity index (χ0) is 15.0. The van der Waals surface area contributed by atoms with Gasteiger partial charge in [0.1, 0.15) is 6.61 Å². The monoisotopic (exact) mass is 292 g/mol. The van der Waals surface area contributed by atoms with Crippen LogP contribution in [0.15, 0.2) is 18.5 Å². The second-order valence-corrected chi connectivity index (χ2v) is 4.72. The summed E-state index contributed by atoms with van der Waals surface area (Å²) in [6.45, 7) is 4.72. The van der Waals surface area contributed by atoms with Crippen molar-refractivity contribution in [3.63, 3.8) is 0 Å². The number of rotatable bonds is 9. The number of hydrogen-bond acceptors (Lipinski definition) is 2. The Balaban J connectivity index is 2.30. The maximum absolute atomic E-state index is 11.9. The molecule has 0 aromatic carbocycles. The Kier molecular flexibility index (Phi) is 7.09. The van der Waals surface area contributed by atoms with Crippen LogP contribution in [0.5, 0.6) is 0 Å². The Hall–Kier alpha value is -1.01. The molecule has 0 saturated carbocycles. The molecular weight excluding hydrogens is 269 g/mol. The van der Waals surface area contributed by atoms with Crippen LogP contribution in [0.1, 0.15) is 38.3 Å². The van der Waals surface area contributed by atoms with Crippen molar-refractivity contribution < 1.29 is 17.9 Å². The van der Waals surface area contributed by atoms with Gasteiger partial charge in [-0.3, -0.25) is 0 Å². The molecular formula is C14H23F3N2O. The zero-order valence-electron chi connectivity index (χ0n) is 12.0. The van der Waals surface area contributed by atoms with Crippen LogP contribution < -0.4 is 5.32 Å². The lowest BCUT2D eigenvalue weighted by atomic mass is 10.1. The Morgan fingerprint density at radius 2 is 2.10 bits per heavy atom. The topological polar surface area (TPSA) is 26.2 Å². The highest BCUT2D eigenvalue weighted by molar-refractivity contribution is 5.15. The van der Waals surface area contributed by atoms with Crippen molar-refractivity contribution in [2.75, 3.05) is 19.8 Å². The minimum Gasteiger partial charge on any atom is -0.372 e. The molecule has 116 valence electrons. The molecule has 0 spiro atoms. The molecule has 1 N–H and O–H groups in total. The fraction of sp³-hybridized carbons (Fsp3) is 0.714. The summed E-state index contributed by atoms with van der Waals surface area (Å²) in [7, 11) is 0. The Labute approximate surface area is 118 Å². The van der Waals surface area contributed by atoms with E-state index in [1.54, 1.807) is 0 Å². The smallest absolute Gasteiger partial charge is 0.372 e. The number of ether oxygens (including phenoxy) is 1. The summed E-state index contributed by atoms with van der Waals surface area (Å²) in [5, 5.41) is 3.39. The van der Waals surface area contributed by atoms with E-state index in [1.807, 2.05) is 23.0 Å². The molecule has 6 heteroatoms. The normalized spacial score (nSPS) is 13.7. The Bertz CT molecular complexity index is 377. The van der Waals surface area contributed by atoms with Crippen molar-refractivity contribution in [3.8, 4) is 0 Å². The van der Waals surface area contributed by atoms with Gasteiger partial charge in [-0.05, 0) is 31.0 Å². The first-order valence-corrected chi connectivity index (χ1v) is 6.99. The van der Waals surface area contributed by atoms with Gasteiger partial charge >= 0.3 is 6.18 Å². The Morgan fingerprint density at radius 1 is 1.35 bits per heavy atom. The predicted octanol–water partition coefficient (Wildman–Crippen LogP) is 3.52. The minimum atomic E-state index is -4.24. The van der Waals surface area contributed by atoms with Crippen LogP contribution in [-0.2, 0) is 11.3 Å². The third-order valence-electron chi connectivity index (χ3n) is 3.01. The lowest BCUT2D eigenvalue weighted by Gasteiger charge is -2.14. The second kappa shape index (κ2) is 8.32. The molecule has 1 aromatic rings. The third-order valence-corrected chi connectivity index (χ3v) is 3.01. The van der Waals surface area contributed by atoms with Crippen molar-refractivity contribution in [1.29, 1.82) is 0 Å². The van der Waals surface area contributed by atoms with Crippen LogP contribution in [-0.4, -0.2) is 30.5 Å². The average molecular weight is 292 g/mol. The first-order valence-electron chi connectivity index (χ1n) is 6.99. The summed E-state index contributed by atoms with van der Waals surface area (Å²) >= 11 is 0. The molecule has 20 heavy (non-hydrogen) atoms. The quantitative estimate of drug-likeness (QED) is 0.705. The van der Waals surface area contributed by atoms with Crippen LogP contribution in [0, 0.1) is 0 Å². The van der Waals surface area contributed by atoms with Gasteiger partial charge in [-0.15, -0.1) is 0 Å². The lowest BCUT2D eigenvalue weighted by Crippen LogP contribution is -2.19. The molecule has 0 bridgehead atoms. The van der Waals surface area contributed by atoms with Gasteiger partial charge in [0.05, 0.1) is 0 Å². The van der Waals surface area contributed by atoms with Crippen molar-refractivity contribution in [2.45, 2.75) is 45.5 Å². The van der Waals surface area contributed by atoms with Gasteiger partial charge in [0.25, 0.3) is 0 Å². The Morgan fingerprint density at radius 3 is 2.70 bits per heavy atom. The number of nitrogens with one attached hydrogen (secondary N) is 1. The van der Waals surface area contributed by atoms with Gasteiger partial charge in [0, 0.05) is 31.6 Å². The van der Waals surface area contributed by atoms with E-state index in [0.717, 1.165) is 13.0 Å². The number of halogens is 3. The van der Waals surface area contributed by atoms with Crippen LogP contribution in [0.25, 0.3) is 0 Å². The first-order chi connectivity index (χ1) is 9.46. The molecule has 0 saturated heterocycles. The average Bonchev–Trinajstić information content (AvgIpc) is 2.82. The second-order valence-electron chi connectivity index (χ2n) is 4.72. The fourth-order valence-electron chi connectivity index (χ4n) is 2.09. The zero-order valence-corrected chi connectivity index (χ0v) is 12.0. The molecule has 1 unspecified atom stereocenters. The summed E-state index contributed by atoms with van der Waals surface area (Å²) in [6.07, 6.45) is 1.34. The number of nitrogens with zero attached hydrogens (tertiary/aromatic N) is 1. The van der Waals surface area contributed by atoms with Crippen molar-refractivity contribution >= 4 is 0 Å². The summed E-state index contributed by atoms with van der Waals surface area (Å²) < 4.78 is 42.2. The minimum absolute atomic E-state index is 0.122. The van der Waals surface area contributed by atoms with E-state index in [1.165, 1.54) is 5.56 Å². The van der Waals surface area contributed by atoms with Gasteiger partial charge in [-0.1, -0.05) is 13.8 Å². The fourth-order valence-corrected chi connectivity index (χ4v) is 2.09. The number of aromatic nitrogens is 1. The van der Waals surface area contributed by atoms with Crippen LogP contribution in [0.4, 0.5) is 13.2 Å². The molecule has 1 rings (SSSR count). The highest BCUT2D eigenvalue weighted by Gasteiger charge is 2.27. The molecule has 0 radical (unpaired) electrons. The van der Waals surface area contributed by atoms with Crippen molar-refractivity contribution in [2.24, 2.45) is 0 Å². The van der Waals surface area contributed by atoms with Gasteiger partial charge in [-0.25, -0.2) is 0 Å². The molecule has 1 atom stereocenters. The van der Waals surface area contributed by atoms with Gasteiger partial charge in [-0.2, -0.15) is 13.2 Å². The molecule has 3 nitrogen and oxygen atoms in total. The van der Waals surface area contributed by atoms with Gasteiger partial charge in [0.2, 0.25) is 0 Å². The summed E-state index contributed by atoms with van der Waals surface area (Å²) in [6, 6.07) is 2.38. The van der Waals surface area contributed by atoms with E-state index in [-0.39, 0.29) is 6.61 Å². The van der Waals surface area contributed by atoms with E-state index in [4.69, 9.17) is 0 Å². The van der Waals surface area contributed by atoms with Crippen molar-refractivity contribution in [3.05, 3.63) is 24.0 Å². The standard InChI is InChI=1S/C14H23F3N2O/c1-3-13(18-4-2)12-6-8-19(10-12)7-5-9-20-11-14(15,16)17/h6,8,10,13,18H,3-5,7,9,11H2,1-2H3. The molecule has 1 heterocycles. The van der Waals surface area contributed by atoms with Crippen LogP contribution in [0.3, 0.4) is 0 Å². The van der Waals surface area contributed by atoms with E-state index in [2.05, 4.69) is 23.9 Å². The van der Waals surface area contributed by atoms with Crippen LogP contribution in [0.2, 0.25) is 0 Å². The number of alkyl halides is 3. The summed E-state index contributed by atoms with van der Waals surface area (Å²) in [4.78, 5) is 0. The van der Waals surface area contributed by atoms with Crippen LogP contribution >= 0.6 is 0 Å². The SMILES string of the molecule is CCNC(CC)c1ccn(CCCOCC(F)(F)F)c1. The molecule has 0 aliphatic rings. The lowest BCUT2D eigenvalue weighted by molar-refractivity contribution is -0.174. The highest BCUT2D eigenvalue weighted by Crippen LogP contribution is 2.17. The largest absolute Gasteiger partial charge is 0.411 e. The molecule has 0 aliphatic carbocycles. The molecule has 0 aliphatic heterocycles. The van der Waals surface area contributed by atoms with E-state index in [9.17, 15) is 13.2 Å². The molecule has 0 amide bonds. The maximum Gasteiger partial charge on any atom is 0.411 e. The van der Waals surface area contributed by atoms with E-state index >= 15 is 0 Å². The summed E-state index contributed by atoms with van der Waals surface area (Å²) in [5.41, 5.74) is 1.21. The maximum atomic E-state index is 11.9. The first kappa shape index (κ1) is 17.0. The van der Waals surface area contributed by atoms with Gasteiger partial charge < -0.3 is 14.6 Å². The van der Waals surface area contributed by atoms with Gasteiger partial charge in [0.15, 0.2) is 0 Å². The van der Waals surface area contributed by atoms with E-state index in [0.29, 0.717) is 19.0 Å².